The van der Waals surface area contributed by atoms with Gasteiger partial charge in [-0.2, -0.15) is 0 Å². The van der Waals surface area contributed by atoms with Crippen LogP contribution in [0.4, 0.5) is 10.5 Å². The third-order valence-corrected chi connectivity index (χ3v) is 3.74. The Morgan fingerprint density at radius 3 is 2.89 bits per heavy atom. The van der Waals surface area contributed by atoms with Crippen molar-refractivity contribution in [2.75, 3.05) is 25.1 Å². The molecule has 0 saturated carbocycles. The molecule has 102 valence electrons. The van der Waals surface area contributed by atoms with Crippen molar-refractivity contribution in [1.29, 1.82) is 0 Å². The summed E-state index contributed by atoms with van der Waals surface area (Å²) in [5.41, 5.74) is 9.16. The molecule has 1 atom stereocenters. The van der Waals surface area contributed by atoms with E-state index in [1.54, 1.807) is 18.4 Å². The minimum absolute atomic E-state index is 0.364. The normalized spacial score (nSPS) is 16.3. The fourth-order valence-electron chi connectivity index (χ4n) is 2.16. The van der Waals surface area contributed by atoms with Gasteiger partial charge < -0.3 is 20.3 Å². The van der Waals surface area contributed by atoms with Gasteiger partial charge in [-0.1, -0.05) is 23.3 Å². The summed E-state index contributed by atoms with van der Waals surface area (Å²) in [5.74, 6) is 0.421. The van der Waals surface area contributed by atoms with Gasteiger partial charge in [0, 0.05) is 24.3 Å². The average molecular weight is 280 g/mol. The number of benzene rings is 1. The zero-order valence-corrected chi connectivity index (χ0v) is 11.4. The largest absolute Gasteiger partial charge is 0.616 e. The predicted octanol–water partition coefficient (Wildman–Crippen LogP) is 1.52. The average Bonchev–Trinajstić information content (AvgIpc) is 2.77. The van der Waals surface area contributed by atoms with Crippen LogP contribution < -0.4 is 5.73 Å². The molecule has 0 bridgehead atoms. The first kappa shape index (κ1) is 13.8. The fraction of sp³-hybridized carbons (Fsp3) is 0.308. The van der Waals surface area contributed by atoms with Crippen LogP contribution in [-0.2, 0) is 16.9 Å². The smallest absolute Gasteiger partial charge is 0.407 e. The molecule has 0 fully saturated rings. The predicted molar refractivity (Wildman–Crippen MR) is 76.2 cm³/mol. The third-order valence-electron chi connectivity index (χ3n) is 3.02. The van der Waals surface area contributed by atoms with Crippen LogP contribution in [0.1, 0.15) is 11.1 Å². The molecule has 0 radical (unpaired) electrons. The van der Waals surface area contributed by atoms with Gasteiger partial charge in [-0.3, -0.25) is 0 Å². The van der Waals surface area contributed by atoms with Gasteiger partial charge in [0.05, 0.1) is 6.26 Å². The summed E-state index contributed by atoms with van der Waals surface area (Å²) < 4.78 is 11.4. The Morgan fingerprint density at radius 1 is 1.58 bits per heavy atom. The SMILES string of the molecule is C[S+]([O-])Cc1cc(N)ccc1C1=CCN(C(=O)O)C1. The lowest BCUT2D eigenvalue weighted by atomic mass is 10.0. The molecule has 1 aliphatic rings. The van der Waals surface area contributed by atoms with E-state index in [4.69, 9.17) is 10.8 Å². The summed E-state index contributed by atoms with van der Waals surface area (Å²) in [4.78, 5) is 12.3. The highest BCUT2D eigenvalue weighted by Gasteiger charge is 2.22. The lowest BCUT2D eigenvalue weighted by molar-refractivity contribution is 0.158. The number of rotatable bonds is 3. The number of nitrogens with two attached hydrogens (primary N) is 1. The topological polar surface area (TPSA) is 89.6 Å². The first-order valence-corrected chi connectivity index (χ1v) is 7.56. The minimum Gasteiger partial charge on any atom is -0.616 e. The standard InChI is InChI=1S/C13H16N2O3S/c1-19(18)8-10-6-11(14)2-3-12(10)9-4-5-15(7-9)13(16)17/h2-4,6H,5,7-8,14H2,1H3,(H,16,17). The van der Waals surface area contributed by atoms with Gasteiger partial charge in [0.15, 0.2) is 0 Å². The van der Waals surface area contributed by atoms with Crippen molar-refractivity contribution in [2.45, 2.75) is 5.75 Å². The third kappa shape index (κ3) is 3.21. The van der Waals surface area contributed by atoms with Crippen LogP contribution in [0.3, 0.4) is 0 Å². The summed E-state index contributed by atoms with van der Waals surface area (Å²) in [7, 11) is 0. The molecule has 0 aliphatic carbocycles. The Kier molecular flexibility index (Phi) is 4.01. The number of amides is 1. The van der Waals surface area contributed by atoms with Crippen LogP contribution in [0, 0.1) is 0 Å². The minimum atomic E-state index is -0.965. The second kappa shape index (κ2) is 5.54. The van der Waals surface area contributed by atoms with E-state index < -0.39 is 17.3 Å². The van der Waals surface area contributed by atoms with Crippen LogP contribution in [0.25, 0.3) is 5.57 Å². The monoisotopic (exact) mass is 280 g/mol. The number of hydrogen-bond donors (Lipinski definition) is 2. The van der Waals surface area contributed by atoms with Crippen LogP contribution in [0.2, 0.25) is 0 Å². The number of nitrogens with zero attached hydrogens (tertiary/aromatic N) is 1. The Hall–Kier alpha value is -1.66. The lowest BCUT2D eigenvalue weighted by Crippen LogP contribution is -2.26. The van der Waals surface area contributed by atoms with Gasteiger partial charge >= 0.3 is 6.09 Å². The molecule has 1 amide bonds. The second-order valence-electron chi connectivity index (χ2n) is 4.53. The maximum absolute atomic E-state index is 11.4. The maximum Gasteiger partial charge on any atom is 0.407 e. The van der Waals surface area contributed by atoms with E-state index in [-0.39, 0.29) is 0 Å². The van der Waals surface area contributed by atoms with Gasteiger partial charge in [-0.25, -0.2) is 4.79 Å². The van der Waals surface area contributed by atoms with Crippen LogP contribution >= 0.6 is 0 Å². The summed E-state index contributed by atoms with van der Waals surface area (Å²) in [6.45, 7) is 0.756. The summed E-state index contributed by atoms with van der Waals surface area (Å²) >= 11 is -0.965. The van der Waals surface area contributed by atoms with E-state index in [1.807, 2.05) is 12.1 Å². The van der Waals surface area contributed by atoms with Crippen molar-refractivity contribution in [3.8, 4) is 0 Å². The molecule has 2 rings (SSSR count). The molecule has 0 saturated heterocycles. The Balaban J connectivity index is 2.27. The van der Waals surface area contributed by atoms with Crippen molar-refractivity contribution in [3.63, 3.8) is 0 Å². The molecular weight excluding hydrogens is 264 g/mol. The fourth-order valence-corrected chi connectivity index (χ4v) is 2.84. The van der Waals surface area contributed by atoms with Crippen molar-refractivity contribution >= 4 is 28.5 Å². The molecule has 5 nitrogen and oxygen atoms in total. The molecule has 19 heavy (non-hydrogen) atoms. The van der Waals surface area contributed by atoms with E-state index in [0.717, 1.165) is 16.7 Å². The highest BCUT2D eigenvalue weighted by Crippen LogP contribution is 2.27. The highest BCUT2D eigenvalue weighted by molar-refractivity contribution is 7.89. The van der Waals surface area contributed by atoms with E-state index in [0.29, 0.717) is 24.5 Å². The summed E-state index contributed by atoms with van der Waals surface area (Å²) in [6.07, 6.45) is 2.60. The van der Waals surface area contributed by atoms with Crippen molar-refractivity contribution in [1.82, 2.24) is 4.90 Å². The van der Waals surface area contributed by atoms with E-state index >= 15 is 0 Å². The first-order chi connectivity index (χ1) is 8.97. The molecule has 1 heterocycles. The van der Waals surface area contributed by atoms with Gasteiger partial charge in [0.1, 0.15) is 5.75 Å². The molecular formula is C13H16N2O3S. The molecule has 1 aliphatic heterocycles. The van der Waals surface area contributed by atoms with Crippen LogP contribution in [-0.4, -0.2) is 40.0 Å². The van der Waals surface area contributed by atoms with Gasteiger partial charge in [0.2, 0.25) is 0 Å². The lowest BCUT2D eigenvalue weighted by Gasteiger charge is -2.15. The van der Waals surface area contributed by atoms with Gasteiger partial charge in [-0.15, -0.1) is 0 Å². The number of hydrogen-bond acceptors (Lipinski definition) is 3. The zero-order chi connectivity index (χ0) is 14.0. The Bertz CT molecular complexity index is 529. The number of nitrogen functional groups attached to an aromatic ring is 1. The first-order valence-electron chi connectivity index (χ1n) is 5.83. The number of carbonyl (C=O) groups is 1. The zero-order valence-electron chi connectivity index (χ0n) is 10.6. The van der Waals surface area contributed by atoms with E-state index in [2.05, 4.69) is 0 Å². The number of anilines is 1. The van der Waals surface area contributed by atoms with Gasteiger partial charge in [-0.05, 0) is 23.3 Å². The van der Waals surface area contributed by atoms with Crippen LogP contribution in [0.5, 0.6) is 0 Å². The molecule has 1 aromatic rings. The van der Waals surface area contributed by atoms with Crippen molar-refractivity contribution in [3.05, 3.63) is 35.4 Å². The van der Waals surface area contributed by atoms with Crippen molar-refractivity contribution < 1.29 is 14.5 Å². The summed E-state index contributed by atoms with van der Waals surface area (Å²) in [6, 6.07) is 5.46. The molecule has 0 spiro atoms. The summed E-state index contributed by atoms with van der Waals surface area (Å²) in [5, 5.41) is 8.96. The van der Waals surface area contributed by atoms with Crippen LogP contribution in [0.15, 0.2) is 24.3 Å². The van der Waals surface area contributed by atoms with E-state index in [1.165, 1.54) is 4.90 Å². The molecule has 6 heteroatoms. The van der Waals surface area contributed by atoms with Gasteiger partial charge in [0.25, 0.3) is 0 Å². The molecule has 1 unspecified atom stereocenters. The van der Waals surface area contributed by atoms with Crippen molar-refractivity contribution in [2.24, 2.45) is 0 Å². The molecule has 0 aromatic heterocycles. The highest BCUT2D eigenvalue weighted by atomic mass is 32.2. The van der Waals surface area contributed by atoms with E-state index in [9.17, 15) is 9.35 Å². The molecule has 3 N–H and O–H groups in total. The Labute approximate surface area is 114 Å². The second-order valence-corrected chi connectivity index (χ2v) is 5.96. The molecule has 1 aromatic carbocycles. The Morgan fingerprint density at radius 2 is 2.32 bits per heavy atom. The maximum atomic E-state index is 11.4. The number of carboxylic acid groups (broad SMARTS) is 1. The quantitative estimate of drug-likeness (QED) is 0.649.